The van der Waals surface area contributed by atoms with E-state index >= 15 is 0 Å². The second-order valence-electron chi connectivity index (χ2n) is 5.68. The lowest BCUT2D eigenvalue weighted by Crippen LogP contribution is -2.09. The van der Waals surface area contributed by atoms with Crippen LogP contribution in [0.1, 0.15) is 0 Å². The highest BCUT2D eigenvalue weighted by Gasteiger charge is 2.02. The summed E-state index contributed by atoms with van der Waals surface area (Å²) < 4.78 is 11.7. The van der Waals surface area contributed by atoms with Gasteiger partial charge in [-0.3, -0.25) is 0 Å². The molecule has 0 spiro atoms. The Kier molecular flexibility index (Phi) is 4.03. The van der Waals surface area contributed by atoms with Gasteiger partial charge in [-0.15, -0.1) is 0 Å². The summed E-state index contributed by atoms with van der Waals surface area (Å²) in [5.74, 6) is 1.77. The summed E-state index contributed by atoms with van der Waals surface area (Å²) >= 11 is 0. The minimum absolute atomic E-state index is 0.515. The van der Waals surface area contributed by atoms with E-state index in [9.17, 15) is 0 Å². The van der Waals surface area contributed by atoms with Crippen LogP contribution in [0.15, 0.2) is 84.9 Å². The zero-order chi connectivity index (χ0) is 16.2. The average molecular weight is 314 g/mol. The van der Waals surface area contributed by atoms with Gasteiger partial charge < -0.3 is 9.47 Å². The summed E-state index contributed by atoms with van der Waals surface area (Å²) in [6.45, 7) is 1.03. The molecule has 2 heteroatoms. The van der Waals surface area contributed by atoms with Gasteiger partial charge in [0.05, 0.1) is 0 Å². The predicted molar refractivity (Wildman–Crippen MR) is 98.9 cm³/mol. The summed E-state index contributed by atoms with van der Waals surface area (Å²) in [4.78, 5) is 0. The van der Waals surface area contributed by atoms with E-state index in [-0.39, 0.29) is 0 Å². The van der Waals surface area contributed by atoms with Crippen LogP contribution in [0.2, 0.25) is 0 Å². The van der Waals surface area contributed by atoms with Crippen LogP contribution in [0.5, 0.6) is 11.5 Å². The molecule has 0 heterocycles. The third-order valence-electron chi connectivity index (χ3n) is 4.08. The van der Waals surface area contributed by atoms with Crippen molar-refractivity contribution in [2.24, 2.45) is 0 Å². The van der Waals surface area contributed by atoms with Crippen molar-refractivity contribution in [3.05, 3.63) is 84.9 Å². The molecule has 0 aromatic heterocycles. The third kappa shape index (κ3) is 3.04. The first kappa shape index (κ1) is 14.6. The Bertz CT molecular complexity index is 970. The zero-order valence-corrected chi connectivity index (χ0v) is 13.3. The lowest BCUT2D eigenvalue weighted by atomic mass is 10.1. The Balaban J connectivity index is 1.40. The summed E-state index contributed by atoms with van der Waals surface area (Å²) in [6.07, 6.45) is 0. The number of hydrogen-bond acceptors (Lipinski definition) is 2. The number of fused-ring (bicyclic) bond motifs is 2. The van der Waals surface area contributed by atoms with E-state index in [0.717, 1.165) is 16.9 Å². The van der Waals surface area contributed by atoms with Gasteiger partial charge in [-0.1, -0.05) is 66.7 Å². The van der Waals surface area contributed by atoms with Crippen LogP contribution in [0.25, 0.3) is 21.5 Å². The van der Waals surface area contributed by atoms with Crippen LogP contribution >= 0.6 is 0 Å². The van der Waals surface area contributed by atoms with Gasteiger partial charge in [-0.05, 0) is 34.4 Å². The molecule has 0 saturated heterocycles. The Morgan fingerprint density at radius 3 is 2.17 bits per heavy atom. The van der Waals surface area contributed by atoms with Gasteiger partial charge >= 0.3 is 0 Å². The number of hydrogen-bond donors (Lipinski definition) is 0. The van der Waals surface area contributed by atoms with Crippen LogP contribution in [0.3, 0.4) is 0 Å². The maximum atomic E-state index is 5.90. The van der Waals surface area contributed by atoms with Crippen molar-refractivity contribution in [2.75, 3.05) is 13.2 Å². The molecule has 0 radical (unpaired) electrons. The summed E-state index contributed by atoms with van der Waals surface area (Å²) in [5, 5.41) is 4.72. The van der Waals surface area contributed by atoms with E-state index in [2.05, 4.69) is 42.5 Å². The molecule has 0 fully saturated rings. The Labute approximate surface area is 141 Å². The fourth-order valence-corrected chi connectivity index (χ4v) is 2.89. The van der Waals surface area contributed by atoms with Gasteiger partial charge in [0.15, 0.2) is 0 Å². The van der Waals surface area contributed by atoms with E-state index in [0.29, 0.717) is 13.2 Å². The molecule has 4 aromatic rings. The van der Waals surface area contributed by atoms with E-state index in [1.165, 1.54) is 16.2 Å². The molecular weight excluding hydrogens is 296 g/mol. The Morgan fingerprint density at radius 2 is 1.25 bits per heavy atom. The molecule has 24 heavy (non-hydrogen) atoms. The summed E-state index contributed by atoms with van der Waals surface area (Å²) in [6, 6.07) is 28.8. The van der Waals surface area contributed by atoms with Crippen molar-refractivity contribution in [1.82, 2.24) is 0 Å². The van der Waals surface area contributed by atoms with Gasteiger partial charge in [0.1, 0.15) is 24.7 Å². The van der Waals surface area contributed by atoms with Crippen molar-refractivity contribution >= 4 is 21.5 Å². The monoisotopic (exact) mass is 314 g/mol. The van der Waals surface area contributed by atoms with Crippen LogP contribution in [-0.4, -0.2) is 13.2 Å². The quantitative estimate of drug-likeness (QED) is 0.456. The minimum Gasteiger partial charge on any atom is -0.490 e. The van der Waals surface area contributed by atoms with Crippen molar-refractivity contribution in [1.29, 1.82) is 0 Å². The smallest absolute Gasteiger partial charge is 0.127 e. The zero-order valence-electron chi connectivity index (χ0n) is 13.3. The second kappa shape index (κ2) is 6.63. The number of ether oxygens (including phenoxy) is 2. The fourth-order valence-electron chi connectivity index (χ4n) is 2.89. The maximum absolute atomic E-state index is 5.90. The van der Waals surface area contributed by atoms with Crippen LogP contribution < -0.4 is 9.47 Å². The largest absolute Gasteiger partial charge is 0.490 e. The van der Waals surface area contributed by atoms with Gasteiger partial charge in [-0.2, -0.15) is 0 Å². The Hall–Kier alpha value is -3.00. The Morgan fingerprint density at radius 1 is 0.542 bits per heavy atom. The number of rotatable bonds is 5. The topological polar surface area (TPSA) is 18.5 Å². The number of benzene rings is 4. The molecule has 0 N–H and O–H groups in total. The van der Waals surface area contributed by atoms with Gasteiger partial charge in [0.25, 0.3) is 0 Å². The van der Waals surface area contributed by atoms with E-state index in [4.69, 9.17) is 9.47 Å². The minimum atomic E-state index is 0.515. The highest BCUT2D eigenvalue weighted by Crippen LogP contribution is 2.25. The lowest BCUT2D eigenvalue weighted by Gasteiger charge is -2.11. The molecule has 4 rings (SSSR count). The molecule has 0 unspecified atom stereocenters. The molecule has 4 aromatic carbocycles. The summed E-state index contributed by atoms with van der Waals surface area (Å²) in [7, 11) is 0. The summed E-state index contributed by atoms with van der Waals surface area (Å²) in [5.41, 5.74) is 0. The molecule has 0 aliphatic rings. The highest BCUT2D eigenvalue weighted by atomic mass is 16.5. The van der Waals surface area contributed by atoms with E-state index < -0.39 is 0 Å². The van der Waals surface area contributed by atoms with E-state index in [1.54, 1.807) is 0 Å². The van der Waals surface area contributed by atoms with Gasteiger partial charge in [0.2, 0.25) is 0 Å². The van der Waals surface area contributed by atoms with Crippen LogP contribution in [0.4, 0.5) is 0 Å². The van der Waals surface area contributed by atoms with Crippen molar-refractivity contribution in [3.8, 4) is 11.5 Å². The highest BCUT2D eigenvalue weighted by molar-refractivity contribution is 5.88. The third-order valence-corrected chi connectivity index (χ3v) is 4.08. The van der Waals surface area contributed by atoms with Crippen LogP contribution in [0, 0.1) is 0 Å². The van der Waals surface area contributed by atoms with Crippen molar-refractivity contribution < 1.29 is 9.47 Å². The molecule has 0 amide bonds. The second-order valence-corrected chi connectivity index (χ2v) is 5.68. The first-order valence-electron chi connectivity index (χ1n) is 8.12. The first-order chi connectivity index (χ1) is 11.9. The van der Waals surface area contributed by atoms with Crippen LogP contribution in [-0.2, 0) is 0 Å². The fraction of sp³-hybridized carbons (Fsp3) is 0.0909. The van der Waals surface area contributed by atoms with Crippen molar-refractivity contribution in [3.63, 3.8) is 0 Å². The molecule has 0 aliphatic heterocycles. The van der Waals surface area contributed by atoms with Gasteiger partial charge in [0, 0.05) is 5.39 Å². The SMILES string of the molecule is c1ccc2cc(OCCOc3cccc4ccccc34)ccc2c1. The average Bonchev–Trinajstić information content (AvgIpc) is 2.65. The molecule has 0 bridgehead atoms. The molecular formula is C22H18O2. The molecule has 0 aliphatic carbocycles. The normalized spacial score (nSPS) is 10.8. The first-order valence-corrected chi connectivity index (χ1v) is 8.12. The van der Waals surface area contributed by atoms with Crippen molar-refractivity contribution in [2.45, 2.75) is 0 Å². The molecule has 0 saturated carbocycles. The maximum Gasteiger partial charge on any atom is 0.127 e. The van der Waals surface area contributed by atoms with Gasteiger partial charge in [-0.25, -0.2) is 0 Å². The molecule has 0 atom stereocenters. The molecule has 118 valence electrons. The standard InChI is InChI=1S/C22H18O2/c1-2-8-19-16-20(13-12-17(19)6-1)23-14-15-24-22-11-5-9-18-7-3-4-10-21(18)22/h1-13,16H,14-15H2. The lowest BCUT2D eigenvalue weighted by molar-refractivity contribution is 0.219. The van der Waals surface area contributed by atoms with E-state index in [1.807, 2.05) is 42.5 Å². The predicted octanol–water partition coefficient (Wildman–Crippen LogP) is 5.45. The molecule has 2 nitrogen and oxygen atoms in total.